The quantitative estimate of drug-likeness (QED) is 0.945. The Morgan fingerprint density at radius 2 is 1.95 bits per heavy atom. The summed E-state index contributed by atoms with van der Waals surface area (Å²) in [5.41, 5.74) is 2.06. The molecule has 6 heteroatoms. The van der Waals surface area contributed by atoms with Gasteiger partial charge in [0.1, 0.15) is 5.82 Å². The molecule has 2 heterocycles. The summed E-state index contributed by atoms with van der Waals surface area (Å²) in [5, 5.41) is 0. The van der Waals surface area contributed by atoms with Crippen molar-refractivity contribution in [3.63, 3.8) is 0 Å². The van der Waals surface area contributed by atoms with Crippen molar-refractivity contribution >= 4 is 10.0 Å². The Bertz CT molecular complexity index is 735. The zero-order valence-corrected chi connectivity index (χ0v) is 13.0. The fourth-order valence-electron chi connectivity index (χ4n) is 2.67. The van der Waals surface area contributed by atoms with Crippen molar-refractivity contribution in [2.45, 2.75) is 31.1 Å². The van der Waals surface area contributed by atoms with Gasteiger partial charge in [-0.3, -0.25) is 0 Å². The molecule has 1 aliphatic heterocycles. The van der Waals surface area contributed by atoms with Crippen LogP contribution in [0.2, 0.25) is 0 Å². The van der Waals surface area contributed by atoms with E-state index in [1.165, 1.54) is 0 Å². The third-order valence-electron chi connectivity index (χ3n) is 3.92. The normalized spacial score (nSPS) is 20.0. The highest BCUT2D eigenvalue weighted by Crippen LogP contribution is 2.29. The van der Waals surface area contributed by atoms with E-state index >= 15 is 0 Å². The summed E-state index contributed by atoms with van der Waals surface area (Å²) in [6.45, 7) is 4.93. The lowest BCUT2D eigenvalue weighted by Gasteiger charge is -2.16. The molecule has 1 aromatic heterocycles. The molecule has 1 atom stereocenters. The first-order chi connectivity index (χ1) is 9.96. The van der Waals surface area contributed by atoms with Gasteiger partial charge in [0.15, 0.2) is 0 Å². The maximum absolute atomic E-state index is 12.6. The number of imidazole rings is 1. The Balaban J connectivity index is 1.80. The number of aromatic nitrogens is 2. The summed E-state index contributed by atoms with van der Waals surface area (Å²) in [6.07, 6.45) is 2.59. The fourth-order valence-corrected chi connectivity index (χ4v) is 4.17. The smallest absolute Gasteiger partial charge is 0.243 e. The first-order valence-electron chi connectivity index (χ1n) is 7.05. The lowest BCUT2D eigenvalue weighted by Crippen LogP contribution is -2.28. The first kappa shape index (κ1) is 14.3. The van der Waals surface area contributed by atoms with Gasteiger partial charge < -0.3 is 4.98 Å². The van der Waals surface area contributed by atoms with Crippen LogP contribution in [0.15, 0.2) is 35.4 Å². The molecule has 1 fully saturated rings. The number of benzene rings is 1. The van der Waals surface area contributed by atoms with E-state index in [4.69, 9.17) is 0 Å². The van der Waals surface area contributed by atoms with Crippen molar-refractivity contribution in [3.05, 3.63) is 47.5 Å². The first-order valence-corrected chi connectivity index (χ1v) is 8.49. The van der Waals surface area contributed by atoms with E-state index in [1.54, 1.807) is 22.6 Å². The summed E-state index contributed by atoms with van der Waals surface area (Å²) in [5.74, 6) is 1.04. The maximum atomic E-state index is 12.6. The van der Waals surface area contributed by atoms with E-state index < -0.39 is 10.0 Å². The van der Waals surface area contributed by atoms with Crippen molar-refractivity contribution in [1.29, 1.82) is 0 Å². The zero-order chi connectivity index (χ0) is 15.0. The van der Waals surface area contributed by atoms with E-state index in [-0.39, 0.29) is 5.92 Å². The number of nitrogens with zero attached hydrogens (tertiary/aromatic N) is 2. The highest BCUT2D eigenvalue weighted by molar-refractivity contribution is 7.89. The highest BCUT2D eigenvalue weighted by atomic mass is 32.2. The van der Waals surface area contributed by atoms with Crippen LogP contribution in [-0.4, -0.2) is 35.8 Å². The van der Waals surface area contributed by atoms with Gasteiger partial charge in [-0.2, -0.15) is 4.31 Å². The van der Waals surface area contributed by atoms with Crippen LogP contribution in [0, 0.1) is 13.8 Å². The Morgan fingerprint density at radius 1 is 1.24 bits per heavy atom. The van der Waals surface area contributed by atoms with Crippen molar-refractivity contribution in [2.24, 2.45) is 0 Å². The lowest BCUT2D eigenvalue weighted by atomic mass is 10.1. The van der Waals surface area contributed by atoms with Gasteiger partial charge in [0.25, 0.3) is 0 Å². The van der Waals surface area contributed by atoms with E-state index in [1.807, 2.05) is 26.0 Å². The van der Waals surface area contributed by atoms with Crippen LogP contribution in [0.3, 0.4) is 0 Å². The monoisotopic (exact) mass is 305 g/mol. The molecule has 1 saturated heterocycles. The van der Waals surface area contributed by atoms with Crippen molar-refractivity contribution < 1.29 is 8.42 Å². The van der Waals surface area contributed by atoms with E-state index in [9.17, 15) is 8.42 Å². The minimum Gasteiger partial charge on any atom is -0.346 e. The third-order valence-corrected chi connectivity index (χ3v) is 5.80. The van der Waals surface area contributed by atoms with Gasteiger partial charge in [-0.05, 0) is 32.4 Å². The average Bonchev–Trinajstić information content (AvgIpc) is 3.08. The van der Waals surface area contributed by atoms with Crippen LogP contribution in [0.1, 0.15) is 29.4 Å². The summed E-state index contributed by atoms with van der Waals surface area (Å²) in [4.78, 5) is 7.89. The Kier molecular flexibility index (Phi) is 3.59. The molecular weight excluding hydrogens is 286 g/mol. The highest BCUT2D eigenvalue weighted by Gasteiger charge is 2.34. The topological polar surface area (TPSA) is 66.1 Å². The van der Waals surface area contributed by atoms with Crippen LogP contribution in [0.25, 0.3) is 0 Å². The summed E-state index contributed by atoms with van der Waals surface area (Å²) >= 11 is 0. The van der Waals surface area contributed by atoms with Crippen molar-refractivity contribution in [2.75, 3.05) is 13.1 Å². The van der Waals surface area contributed by atoms with Gasteiger partial charge in [0.2, 0.25) is 10.0 Å². The molecule has 1 aromatic carbocycles. The molecular formula is C15H19N3O2S. The van der Waals surface area contributed by atoms with Gasteiger partial charge in [0, 0.05) is 30.9 Å². The SMILES string of the molecule is Cc1ccc(S(=O)(=O)N2CC[C@H](c3ncc(C)[nH]3)C2)cc1. The summed E-state index contributed by atoms with van der Waals surface area (Å²) in [6, 6.07) is 7.01. The van der Waals surface area contributed by atoms with E-state index in [0.717, 1.165) is 23.5 Å². The second-order valence-corrected chi connectivity index (χ2v) is 7.55. The molecule has 3 rings (SSSR count). The van der Waals surface area contributed by atoms with Gasteiger partial charge in [-0.15, -0.1) is 0 Å². The molecule has 0 bridgehead atoms. The number of H-pyrrole nitrogens is 1. The third kappa shape index (κ3) is 2.73. The number of aromatic amines is 1. The number of nitrogens with one attached hydrogen (secondary N) is 1. The van der Waals surface area contributed by atoms with Crippen LogP contribution in [0.4, 0.5) is 0 Å². The number of sulfonamides is 1. The molecule has 2 aromatic rings. The van der Waals surface area contributed by atoms with Crippen LogP contribution >= 0.6 is 0 Å². The van der Waals surface area contributed by atoms with Gasteiger partial charge >= 0.3 is 0 Å². The largest absolute Gasteiger partial charge is 0.346 e. The summed E-state index contributed by atoms with van der Waals surface area (Å²) < 4.78 is 26.8. The number of hydrogen-bond acceptors (Lipinski definition) is 3. The standard InChI is InChI=1S/C15H19N3O2S/c1-11-3-5-14(6-4-11)21(19,20)18-8-7-13(10-18)15-16-9-12(2)17-15/h3-6,9,13H,7-8,10H2,1-2H3,(H,16,17)/t13-/m0/s1. The van der Waals surface area contributed by atoms with E-state index in [0.29, 0.717) is 18.0 Å². The Morgan fingerprint density at radius 3 is 2.57 bits per heavy atom. The zero-order valence-electron chi connectivity index (χ0n) is 12.2. The molecule has 0 radical (unpaired) electrons. The number of rotatable bonds is 3. The summed E-state index contributed by atoms with van der Waals surface area (Å²) in [7, 11) is -3.40. The van der Waals surface area contributed by atoms with Gasteiger partial charge in [-0.1, -0.05) is 17.7 Å². The minimum atomic E-state index is -3.40. The van der Waals surface area contributed by atoms with Gasteiger partial charge in [-0.25, -0.2) is 13.4 Å². The Labute approximate surface area is 125 Å². The molecule has 112 valence electrons. The average molecular weight is 305 g/mol. The fraction of sp³-hybridized carbons (Fsp3) is 0.400. The van der Waals surface area contributed by atoms with Crippen molar-refractivity contribution in [3.8, 4) is 0 Å². The molecule has 0 unspecified atom stereocenters. The van der Waals surface area contributed by atoms with E-state index in [2.05, 4.69) is 9.97 Å². The number of hydrogen-bond donors (Lipinski definition) is 1. The van der Waals surface area contributed by atoms with Crippen LogP contribution < -0.4 is 0 Å². The second-order valence-electron chi connectivity index (χ2n) is 5.61. The minimum absolute atomic E-state index is 0.152. The molecule has 1 aliphatic rings. The molecule has 0 aliphatic carbocycles. The molecule has 21 heavy (non-hydrogen) atoms. The molecule has 5 nitrogen and oxygen atoms in total. The second kappa shape index (κ2) is 5.27. The maximum Gasteiger partial charge on any atom is 0.243 e. The van der Waals surface area contributed by atoms with Crippen LogP contribution in [-0.2, 0) is 10.0 Å². The van der Waals surface area contributed by atoms with Crippen molar-refractivity contribution in [1.82, 2.24) is 14.3 Å². The molecule has 0 saturated carbocycles. The van der Waals surface area contributed by atoms with Gasteiger partial charge in [0.05, 0.1) is 4.90 Å². The van der Waals surface area contributed by atoms with Crippen LogP contribution in [0.5, 0.6) is 0 Å². The number of aryl methyl sites for hydroxylation is 2. The predicted molar refractivity (Wildman–Crippen MR) is 80.6 cm³/mol. The molecule has 0 spiro atoms. The lowest BCUT2D eigenvalue weighted by molar-refractivity contribution is 0.471. The predicted octanol–water partition coefficient (Wildman–Crippen LogP) is 2.20. The molecule has 1 N–H and O–H groups in total. The Hall–Kier alpha value is -1.66. The molecule has 0 amide bonds.